The molecule has 0 amide bonds. The first-order valence-corrected chi connectivity index (χ1v) is 9.96. The van der Waals surface area contributed by atoms with E-state index in [9.17, 15) is 0 Å². The first kappa shape index (κ1) is 18.2. The molecule has 26 heavy (non-hydrogen) atoms. The van der Waals surface area contributed by atoms with Gasteiger partial charge in [-0.1, -0.05) is 61.8 Å². The number of allylic oxidation sites excluding steroid dienone is 10. The van der Waals surface area contributed by atoms with Crippen LogP contribution < -0.4 is 0 Å². The van der Waals surface area contributed by atoms with Crippen molar-refractivity contribution in [2.24, 2.45) is 0 Å². The van der Waals surface area contributed by atoms with Crippen molar-refractivity contribution in [2.75, 3.05) is 0 Å². The van der Waals surface area contributed by atoms with E-state index in [1.807, 2.05) is 38.2 Å². The van der Waals surface area contributed by atoms with Crippen LogP contribution in [0.25, 0.3) is 31.6 Å². The molecule has 2 aromatic heterocycles. The quantitative estimate of drug-likeness (QED) is 0.425. The van der Waals surface area contributed by atoms with Gasteiger partial charge in [0.25, 0.3) is 0 Å². The molecule has 0 spiro atoms. The van der Waals surface area contributed by atoms with Crippen LogP contribution in [0.4, 0.5) is 0 Å². The third-order valence-corrected chi connectivity index (χ3v) is 5.81. The van der Waals surface area contributed by atoms with Crippen LogP contribution in [-0.2, 0) is 0 Å². The molecule has 0 aliphatic heterocycles. The molecule has 130 valence electrons. The van der Waals surface area contributed by atoms with Crippen molar-refractivity contribution in [2.45, 2.75) is 13.8 Å². The molecular formula is C22H20N2S2. The standard InChI is InChI=1S/C22H20N2S2/c1-5-9-15(10-6-2)21-23-17-13-20-18(14-19(17)25-21)24-22(26-20)16(11-7-3)12-8-4/h5-14H,1,3H2,2,4H3/b10-6-,12-8-,15-9+,16-11+. The zero-order valence-corrected chi connectivity index (χ0v) is 16.5. The summed E-state index contributed by atoms with van der Waals surface area (Å²) >= 11 is 3.36. The summed E-state index contributed by atoms with van der Waals surface area (Å²) in [6.45, 7) is 11.6. The minimum atomic E-state index is 0.997. The van der Waals surface area contributed by atoms with Gasteiger partial charge < -0.3 is 0 Å². The van der Waals surface area contributed by atoms with Gasteiger partial charge in [0.05, 0.1) is 20.4 Å². The normalized spacial score (nSPS) is 13.5. The molecule has 0 bridgehead atoms. The molecular weight excluding hydrogens is 356 g/mol. The summed E-state index contributed by atoms with van der Waals surface area (Å²) in [6, 6.07) is 4.27. The molecule has 2 heterocycles. The van der Waals surface area contributed by atoms with E-state index in [2.05, 4.69) is 37.4 Å². The number of fused-ring (bicyclic) bond motifs is 2. The molecule has 0 saturated carbocycles. The van der Waals surface area contributed by atoms with Crippen LogP contribution in [-0.4, -0.2) is 9.97 Å². The third kappa shape index (κ3) is 3.66. The molecule has 2 nitrogen and oxygen atoms in total. The molecule has 0 saturated heterocycles. The van der Waals surface area contributed by atoms with Gasteiger partial charge in [0.2, 0.25) is 0 Å². The Morgan fingerprint density at radius 1 is 0.808 bits per heavy atom. The second-order valence-electron chi connectivity index (χ2n) is 5.54. The van der Waals surface area contributed by atoms with Gasteiger partial charge in [0.1, 0.15) is 10.0 Å². The van der Waals surface area contributed by atoms with E-state index < -0.39 is 0 Å². The number of thiazole rings is 2. The Morgan fingerprint density at radius 3 is 1.58 bits per heavy atom. The molecule has 0 aliphatic rings. The minimum Gasteiger partial charge on any atom is -0.236 e. The fourth-order valence-corrected chi connectivity index (χ4v) is 4.58. The summed E-state index contributed by atoms with van der Waals surface area (Å²) in [4.78, 5) is 9.63. The summed E-state index contributed by atoms with van der Waals surface area (Å²) in [5, 5.41) is 1.99. The second kappa shape index (κ2) is 8.21. The number of nitrogens with zero attached hydrogens (tertiary/aromatic N) is 2. The monoisotopic (exact) mass is 376 g/mol. The Morgan fingerprint density at radius 2 is 1.23 bits per heavy atom. The number of rotatable bonds is 6. The molecule has 3 aromatic rings. The van der Waals surface area contributed by atoms with Crippen LogP contribution in [0.3, 0.4) is 0 Å². The number of hydrogen-bond donors (Lipinski definition) is 0. The molecule has 4 heteroatoms. The second-order valence-corrected chi connectivity index (χ2v) is 7.60. The summed E-state index contributed by atoms with van der Waals surface area (Å²) < 4.78 is 2.29. The highest BCUT2D eigenvalue weighted by molar-refractivity contribution is 7.21. The van der Waals surface area contributed by atoms with E-state index in [-0.39, 0.29) is 0 Å². The zero-order valence-electron chi connectivity index (χ0n) is 14.9. The summed E-state index contributed by atoms with van der Waals surface area (Å²) in [5.74, 6) is 0. The van der Waals surface area contributed by atoms with Crippen molar-refractivity contribution in [1.82, 2.24) is 9.97 Å². The lowest BCUT2D eigenvalue weighted by molar-refractivity contribution is 1.43. The highest BCUT2D eigenvalue weighted by Crippen LogP contribution is 2.35. The fourth-order valence-electron chi connectivity index (χ4n) is 2.61. The molecule has 1 aromatic carbocycles. The molecule has 0 aliphatic carbocycles. The Balaban J connectivity index is 2.11. The van der Waals surface area contributed by atoms with Crippen molar-refractivity contribution in [3.63, 3.8) is 0 Å². The molecule has 0 unspecified atom stereocenters. The SMILES string of the molecule is C=C/C=C(\C=C/C)c1nc2cc3sc(C(/C=C\C)=C/C=C)nc3cc2s1. The van der Waals surface area contributed by atoms with Gasteiger partial charge in [0.15, 0.2) is 0 Å². The first-order chi connectivity index (χ1) is 12.7. The summed E-state index contributed by atoms with van der Waals surface area (Å²) in [6.07, 6.45) is 15.7. The molecule has 0 atom stereocenters. The van der Waals surface area contributed by atoms with E-state index in [0.29, 0.717) is 0 Å². The summed E-state index contributed by atoms with van der Waals surface area (Å²) in [7, 11) is 0. The lowest BCUT2D eigenvalue weighted by Gasteiger charge is -1.93. The maximum Gasteiger partial charge on any atom is 0.124 e. The largest absolute Gasteiger partial charge is 0.236 e. The fraction of sp³-hybridized carbons (Fsp3) is 0.0909. The molecule has 3 rings (SSSR count). The van der Waals surface area contributed by atoms with E-state index in [1.54, 1.807) is 34.8 Å². The van der Waals surface area contributed by atoms with Crippen molar-refractivity contribution >= 4 is 54.3 Å². The van der Waals surface area contributed by atoms with Gasteiger partial charge in [-0.2, -0.15) is 0 Å². The minimum absolute atomic E-state index is 0.997. The maximum absolute atomic E-state index is 4.81. The van der Waals surface area contributed by atoms with Crippen LogP contribution in [0.1, 0.15) is 23.9 Å². The van der Waals surface area contributed by atoms with Gasteiger partial charge in [-0.3, -0.25) is 0 Å². The van der Waals surface area contributed by atoms with Crippen molar-refractivity contribution < 1.29 is 0 Å². The number of benzene rings is 1. The first-order valence-electron chi connectivity index (χ1n) is 8.32. The van der Waals surface area contributed by atoms with Crippen molar-refractivity contribution in [1.29, 1.82) is 0 Å². The number of hydrogen-bond acceptors (Lipinski definition) is 4. The average molecular weight is 377 g/mol. The highest BCUT2D eigenvalue weighted by atomic mass is 32.1. The van der Waals surface area contributed by atoms with Gasteiger partial charge in [-0.05, 0) is 26.0 Å². The number of aromatic nitrogens is 2. The van der Waals surface area contributed by atoms with E-state index in [1.165, 1.54) is 0 Å². The summed E-state index contributed by atoms with van der Waals surface area (Å²) in [5.41, 5.74) is 4.16. The van der Waals surface area contributed by atoms with E-state index >= 15 is 0 Å². The lowest BCUT2D eigenvalue weighted by Crippen LogP contribution is -1.78. The molecule has 0 radical (unpaired) electrons. The Kier molecular flexibility index (Phi) is 5.76. The molecule has 0 fully saturated rings. The Hall–Kier alpha value is -2.56. The van der Waals surface area contributed by atoms with Crippen LogP contribution in [0.15, 0.2) is 73.9 Å². The van der Waals surface area contributed by atoms with Crippen molar-refractivity contribution in [3.05, 3.63) is 83.9 Å². The van der Waals surface area contributed by atoms with Crippen LogP contribution in [0.2, 0.25) is 0 Å². The van der Waals surface area contributed by atoms with Gasteiger partial charge in [-0.15, -0.1) is 22.7 Å². The highest BCUT2D eigenvalue weighted by Gasteiger charge is 2.12. The van der Waals surface area contributed by atoms with Crippen LogP contribution >= 0.6 is 22.7 Å². The van der Waals surface area contributed by atoms with Gasteiger partial charge >= 0.3 is 0 Å². The Bertz CT molecular complexity index is 953. The van der Waals surface area contributed by atoms with Crippen LogP contribution in [0.5, 0.6) is 0 Å². The van der Waals surface area contributed by atoms with Crippen LogP contribution in [0, 0.1) is 0 Å². The lowest BCUT2D eigenvalue weighted by atomic mass is 10.2. The predicted molar refractivity (Wildman–Crippen MR) is 119 cm³/mol. The average Bonchev–Trinajstić information content (AvgIpc) is 3.22. The van der Waals surface area contributed by atoms with Gasteiger partial charge in [0, 0.05) is 11.1 Å². The topological polar surface area (TPSA) is 25.8 Å². The zero-order chi connectivity index (χ0) is 18.5. The van der Waals surface area contributed by atoms with E-state index in [0.717, 1.165) is 41.6 Å². The molecule has 0 N–H and O–H groups in total. The van der Waals surface area contributed by atoms with Crippen molar-refractivity contribution in [3.8, 4) is 0 Å². The third-order valence-electron chi connectivity index (χ3n) is 3.68. The smallest absolute Gasteiger partial charge is 0.124 e. The Labute approximate surface area is 161 Å². The van der Waals surface area contributed by atoms with E-state index in [4.69, 9.17) is 9.97 Å². The maximum atomic E-state index is 4.81. The van der Waals surface area contributed by atoms with Gasteiger partial charge in [-0.25, -0.2) is 9.97 Å². The predicted octanol–water partition coefficient (Wildman–Crippen LogP) is 7.20.